The Balaban J connectivity index is 2.37. The fraction of sp³-hybridized carbons (Fsp3) is 0.538. The fourth-order valence-corrected chi connectivity index (χ4v) is 3.41. The second kappa shape index (κ2) is 4.68. The van der Waals surface area contributed by atoms with Crippen LogP contribution in [0.5, 0.6) is 0 Å². The molecule has 1 aliphatic rings. The minimum absolute atomic E-state index is 0.233. The fourth-order valence-electron chi connectivity index (χ4n) is 2.27. The summed E-state index contributed by atoms with van der Waals surface area (Å²) in [6.07, 6.45) is 0. The van der Waals surface area contributed by atoms with Crippen molar-refractivity contribution in [1.82, 2.24) is 0 Å². The zero-order chi connectivity index (χ0) is 11.7. The van der Waals surface area contributed by atoms with E-state index in [1.165, 1.54) is 27.5 Å². The van der Waals surface area contributed by atoms with Gasteiger partial charge in [0.15, 0.2) is 0 Å². The molecule has 0 spiro atoms. The molecule has 0 saturated carbocycles. The number of anilines is 1. The summed E-state index contributed by atoms with van der Waals surface area (Å²) in [7, 11) is 0. The SMILES string of the molecule is Cc1cc(C)c2c(c1)N(CC(C)N)CCS2. The molecule has 0 amide bonds. The van der Waals surface area contributed by atoms with E-state index in [2.05, 4.69) is 37.8 Å². The Labute approximate surface area is 102 Å². The molecule has 16 heavy (non-hydrogen) atoms. The molecular formula is C13H20N2S. The zero-order valence-electron chi connectivity index (χ0n) is 10.3. The third kappa shape index (κ3) is 2.36. The van der Waals surface area contributed by atoms with Crippen molar-refractivity contribution >= 4 is 17.4 Å². The molecule has 2 rings (SSSR count). The van der Waals surface area contributed by atoms with E-state index in [9.17, 15) is 0 Å². The van der Waals surface area contributed by atoms with Crippen molar-refractivity contribution in [3.8, 4) is 0 Å². The van der Waals surface area contributed by atoms with Crippen LogP contribution in [0.25, 0.3) is 0 Å². The van der Waals surface area contributed by atoms with Gasteiger partial charge in [0.25, 0.3) is 0 Å². The van der Waals surface area contributed by atoms with Gasteiger partial charge in [-0.2, -0.15) is 0 Å². The van der Waals surface area contributed by atoms with E-state index in [-0.39, 0.29) is 6.04 Å². The summed E-state index contributed by atoms with van der Waals surface area (Å²) in [6.45, 7) is 8.51. The number of benzene rings is 1. The molecule has 2 N–H and O–H groups in total. The summed E-state index contributed by atoms with van der Waals surface area (Å²) in [5.41, 5.74) is 10.0. The second-order valence-corrected chi connectivity index (χ2v) is 5.81. The molecule has 1 atom stereocenters. The van der Waals surface area contributed by atoms with Crippen LogP contribution in [0.3, 0.4) is 0 Å². The summed E-state index contributed by atoms with van der Waals surface area (Å²) >= 11 is 1.97. The maximum absolute atomic E-state index is 5.91. The van der Waals surface area contributed by atoms with Gasteiger partial charge in [0, 0.05) is 29.8 Å². The molecular weight excluding hydrogens is 216 g/mol. The van der Waals surface area contributed by atoms with Crippen molar-refractivity contribution in [3.05, 3.63) is 23.3 Å². The largest absolute Gasteiger partial charge is 0.368 e. The second-order valence-electron chi connectivity index (χ2n) is 4.70. The van der Waals surface area contributed by atoms with Crippen molar-refractivity contribution in [3.63, 3.8) is 0 Å². The monoisotopic (exact) mass is 236 g/mol. The number of nitrogens with zero attached hydrogens (tertiary/aromatic N) is 1. The first-order valence-electron chi connectivity index (χ1n) is 5.82. The molecule has 1 aliphatic heterocycles. The van der Waals surface area contributed by atoms with Crippen molar-refractivity contribution in [2.24, 2.45) is 5.73 Å². The van der Waals surface area contributed by atoms with Gasteiger partial charge in [0.05, 0.1) is 5.69 Å². The van der Waals surface area contributed by atoms with Gasteiger partial charge in [0.2, 0.25) is 0 Å². The Morgan fingerprint density at radius 3 is 2.88 bits per heavy atom. The average Bonchev–Trinajstić information content (AvgIpc) is 2.18. The Morgan fingerprint density at radius 2 is 2.19 bits per heavy atom. The molecule has 1 aromatic rings. The zero-order valence-corrected chi connectivity index (χ0v) is 11.1. The van der Waals surface area contributed by atoms with Crippen molar-refractivity contribution < 1.29 is 0 Å². The normalized spacial score (nSPS) is 17.1. The minimum Gasteiger partial charge on any atom is -0.368 e. The van der Waals surface area contributed by atoms with E-state index < -0.39 is 0 Å². The molecule has 1 aromatic carbocycles. The van der Waals surface area contributed by atoms with Gasteiger partial charge in [-0.1, -0.05) is 6.07 Å². The molecule has 0 saturated heterocycles. The molecule has 88 valence electrons. The summed E-state index contributed by atoms with van der Waals surface area (Å²) in [4.78, 5) is 3.87. The summed E-state index contributed by atoms with van der Waals surface area (Å²) in [6, 6.07) is 4.79. The molecule has 2 nitrogen and oxygen atoms in total. The first-order chi connectivity index (χ1) is 7.58. The van der Waals surface area contributed by atoms with Gasteiger partial charge in [-0.25, -0.2) is 0 Å². The van der Waals surface area contributed by atoms with Crippen LogP contribution in [0.4, 0.5) is 5.69 Å². The van der Waals surface area contributed by atoms with Crippen LogP contribution >= 0.6 is 11.8 Å². The van der Waals surface area contributed by atoms with Crippen LogP contribution in [0.2, 0.25) is 0 Å². The lowest BCUT2D eigenvalue weighted by molar-refractivity contribution is 0.683. The smallest absolute Gasteiger partial charge is 0.0510 e. The van der Waals surface area contributed by atoms with Gasteiger partial charge in [-0.15, -0.1) is 11.8 Å². The van der Waals surface area contributed by atoms with Crippen molar-refractivity contribution in [2.45, 2.75) is 31.7 Å². The Kier molecular flexibility index (Phi) is 3.45. The highest BCUT2D eigenvalue weighted by molar-refractivity contribution is 7.99. The number of fused-ring (bicyclic) bond motifs is 1. The first-order valence-corrected chi connectivity index (χ1v) is 6.81. The lowest BCUT2D eigenvalue weighted by Gasteiger charge is -2.33. The van der Waals surface area contributed by atoms with E-state index in [1.54, 1.807) is 0 Å². The molecule has 0 aromatic heterocycles. The number of hydrogen-bond acceptors (Lipinski definition) is 3. The Bertz CT molecular complexity index is 388. The summed E-state index contributed by atoms with van der Waals surface area (Å²) < 4.78 is 0. The quantitative estimate of drug-likeness (QED) is 0.855. The Morgan fingerprint density at radius 1 is 1.44 bits per heavy atom. The molecule has 3 heteroatoms. The predicted octanol–water partition coefficient (Wildman–Crippen LogP) is 2.56. The number of rotatable bonds is 2. The van der Waals surface area contributed by atoms with Crippen LogP contribution in [-0.2, 0) is 0 Å². The van der Waals surface area contributed by atoms with Crippen LogP contribution < -0.4 is 10.6 Å². The van der Waals surface area contributed by atoms with Crippen molar-refractivity contribution in [1.29, 1.82) is 0 Å². The van der Waals surface area contributed by atoms with Crippen LogP contribution in [0.1, 0.15) is 18.1 Å². The third-order valence-corrected chi connectivity index (χ3v) is 4.06. The van der Waals surface area contributed by atoms with Crippen LogP contribution in [0.15, 0.2) is 17.0 Å². The van der Waals surface area contributed by atoms with Gasteiger partial charge < -0.3 is 10.6 Å². The van der Waals surface area contributed by atoms with Crippen LogP contribution in [0, 0.1) is 13.8 Å². The number of aryl methyl sites for hydroxylation is 2. The minimum atomic E-state index is 0.233. The van der Waals surface area contributed by atoms with Crippen LogP contribution in [-0.4, -0.2) is 24.9 Å². The maximum atomic E-state index is 5.91. The summed E-state index contributed by atoms with van der Waals surface area (Å²) in [5, 5.41) is 0. The molecule has 0 aliphatic carbocycles. The maximum Gasteiger partial charge on any atom is 0.0510 e. The number of hydrogen-bond donors (Lipinski definition) is 1. The van der Waals surface area contributed by atoms with Gasteiger partial charge in [-0.05, 0) is 38.0 Å². The number of thioether (sulfide) groups is 1. The highest BCUT2D eigenvalue weighted by Gasteiger charge is 2.19. The predicted molar refractivity (Wildman–Crippen MR) is 72.5 cm³/mol. The lowest BCUT2D eigenvalue weighted by atomic mass is 10.1. The van der Waals surface area contributed by atoms with E-state index in [0.29, 0.717) is 0 Å². The standard InChI is InChI=1S/C13H20N2S/c1-9-6-10(2)13-12(7-9)15(4-5-16-13)8-11(3)14/h6-7,11H,4-5,8,14H2,1-3H3. The van der Waals surface area contributed by atoms with E-state index >= 15 is 0 Å². The average molecular weight is 236 g/mol. The van der Waals surface area contributed by atoms with Gasteiger partial charge >= 0.3 is 0 Å². The summed E-state index contributed by atoms with van der Waals surface area (Å²) in [5.74, 6) is 1.17. The molecule has 0 fully saturated rings. The van der Waals surface area contributed by atoms with Crippen molar-refractivity contribution in [2.75, 3.05) is 23.7 Å². The van der Waals surface area contributed by atoms with E-state index in [4.69, 9.17) is 5.73 Å². The highest BCUT2D eigenvalue weighted by Crippen LogP contribution is 2.37. The third-order valence-electron chi connectivity index (χ3n) is 2.86. The van der Waals surface area contributed by atoms with Gasteiger partial charge in [-0.3, -0.25) is 0 Å². The first kappa shape index (κ1) is 11.8. The molecule has 0 radical (unpaired) electrons. The van der Waals surface area contributed by atoms with E-state index in [1.807, 2.05) is 11.8 Å². The molecule has 1 heterocycles. The highest BCUT2D eigenvalue weighted by atomic mass is 32.2. The van der Waals surface area contributed by atoms with Gasteiger partial charge in [0.1, 0.15) is 0 Å². The van der Waals surface area contributed by atoms with E-state index in [0.717, 1.165) is 13.1 Å². The Hall–Kier alpha value is -0.670. The molecule has 1 unspecified atom stereocenters. The lowest BCUT2D eigenvalue weighted by Crippen LogP contribution is -2.38. The number of nitrogens with two attached hydrogens (primary N) is 1. The molecule has 0 bridgehead atoms. The topological polar surface area (TPSA) is 29.3 Å².